The molecular formula is C8H13N3O3S. The first-order chi connectivity index (χ1) is 7.00. The Labute approximate surface area is 89.7 Å². The lowest BCUT2D eigenvalue weighted by atomic mass is 10.5. The van der Waals surface area contributed by atoms with Gasteiger partial charge in [-0.2, -0.15) is 0 Å². The van der Waals surface area contributed by atoms with E-state index in [9.17, 15) is 9.00 Å². The molecule has 6 nitrogen and oxygen atoms in total. The molecule has 0 fully saturated rings. The van der Waals surface area contributed by atoms with Crippen LogP contribution < -0.4 is 0 Å². The third kappa shape index (κ3) is 3.43. The minimum atomic E-state index is -1.11. The first kappa shape index (κ1) is 11.8. The fourth-order valence-electron chi connectivity index (χ4n) is 0.925. The highest BCUT2D eigenvalue weighted by Crippen LogP contribution is 1.97. The average molecular weight is 231 g/mol. The van der Waals surface area contributed by atoms with Crippen molar-refractivity contribution in [3.8, 4) is 0 Å². The fraction of sp³-hybridized carbons (Fsp3) is 0.625. The van der Waals surface area contributed by atoms with Crippen molar-refractivity contribution < 1.29 is 14.1 Å². The summed E-state index contributed by atoms with van der Waals surface area (Å²) in [6.07, 6.45) is 1.33. The summed E-state index contributed by atoms with van der Waals surface area (Å²) in [4.78, 5) is 10.5. The van der Waals surface area contributed by atoms with Crippen LogP contribution in [0.25, 0.3) is 0 Å². The summed E-state index contributed by atoms with van der Waals surface area (Å²) in [5.74, 6) is -0.647. The van der Waals surface area contributed by atoms with Crippen LogP contribution in [0.4, 0.5) is 0 Å². The molecule has 1 rings (SSSR count). The number of hydrogen-bond acceptors (Lipinski definition) is 4. The lowest BCUT2D eigenvalue weighted by Crippen LogP contribution is -2.14. The molecule has 0 aliphatic carbocycles. The molecule has 0 aliphatic heterocycles. The van der Waals surface area contributed by atoms with E-state index in [0.29, 0.717) is 12.3 Å². The highest BCUT2D eigenvalue weighted by atomic mass is 32.2. The molecule has 1 unspecified atom stereocenters. The van der Waals surface area contributed by atoms with Gasteiger partial charge >= 0.3 is 5.97 Å². The largest absolute Gasteiger partial charge is 0.476 e. The Morgan fingerprint density at radius 3 is 2.80 bits per heavy atom. The molecule has 0 bridgehead atoms. The summed E-state index contributed by atoms with van der Waals surface area (Å²) in [6.45, 7) is 4.17. The van der Waals surface area contributed by atoms with Crippen LogP contribution in [0, 0.1) is 0 Å². The molecular weight excluding hydrogens is 218 g/mol. The van der Waals surface area contributed by atoms with E-state index < -0.39 is 16.8 Å². The monoisotopic (exact) mass is 231 g/mol. The molecule has 84 valence electrons. The maximum Gasteiger partial charge on any atom is 0.358 e. The Morgan fingerprint density at radius 2 is 2.33 bits per heavy atom. The highest BCUT2D eigenvalue weighted by Gasteiger charge is 2.09. The summed E-state index contributed by atoms with van der Waals surface area (Å²) < 4.78 is 12.8. The van der Waals surface area contributed by atoms with E-state index in [1.54, 1.807) is 0 Å². The topological polar surface area (TPSA) is 85.1 Å². The number of aromatic carboxylic acids is 1. The number of carboxylic acid groups (broad SMARTS) is 1. The van der Waals surface area contributed by atoms with Crippen LogP contribution >= 0.6 is 0 Å². The summed E-state index contributed by atoms with van der Waals surface area (Å²) in [6, 6.07) is 0. The zero-order chi connectivity index (χ0) is 11.4. The van der Waals surface area contributed by atoms with Crippen LogP contribution in [0.2, 0.25) is 0 Å². The van der Waals surface area contributed by atoms with Gasteiger partial charge in [-0.25, -0.2) is 4.79 Å². The molecule has 0 spiro atoms. The number of rotatable bonds is 5. The van der Waals surface area contributed by atoms with E-state index in [-0.39, 0.29) is 10.9 Å². The maximum absolute atomic E-state index is 11.4. The average Bonchev–Trinajstić information content (AvgIpc) is 2.62. The summed E-state index contributed by atoms with van der Waals surface area (Å²) >= 11 is 0. The van der Waals surface area contributed by atoms with Gasteiger partial charge in [0.1, 0.15) is 0 Å². The lowest BCUT2D eigenvalue weighted by Gasteiger charge is -2.04. The first-order valence-corrected chi connectivity index (χ1v) is 5.89. The van der Waals surface area contributed by atoms with E-state index in [1.807, 2.05) is 13.8 Å². The number of aryl methyl sites for hydroxylation is 1. The molecule has 1 atom stereocenters. The Hall–Kier alpha value is -1.24. The van der Waals surface area contributed by atoms with Crippen molar-refractivity contribution in [3.63, 3.8) is 0 Å². The van der Waals surface area contributed by atoms with Crippen LogP contribution in [0.1, 0.15) is 24.3 Å². The van der Waals surface area contributed by atoms with Gasteiger partial charge in [-0.05, 0) is 0 Å². The Bertz CT molecular complexity index is 375. The van der Waals surface area contributed by atoms with Gasteiger partial charge in [0.15, 0.2) is 5.69 Å². The van der Waals surface area contributed by atoms with Crippen LogP contribution in [0.5, 0.6) is 0 Å². The van der Waals surface area contributed by atoms with Crippen molar-refractivity contribution in [2.75, 3.05) is 5.75 Å². The zero-order valence-electron chi connectivity index (χ0n) is 8.58. The Balaban J connectivity index is 2.51. The molecule has 1 aromatic rings. The van der Waals surface area contributed by atoms with Crippen molar-refractivity contribution in [1.82, 2.24) is 15.0 Å². The molecule has 1 N–H and O–H groups in total. The molecule has 0 aliphatic rings. The predicted octanol–water partition coefficient (Wildman–Crippen LogP) is 0.133. The molecule has 0 saturated heterocycles. The molecule has 1 heterocycles. The number of carboxylic acids is 1. The van der Waals surface area contributed by atoms with Gasteiger partial charge in [0, 0.05) is 21.8 Å². The van der Waals surface area contributed by atoms with Gasteiger partial charge < -0.3 is 5.11 Å². The Kier molecular flexibility index (Phi) is 3.96. The second kappa shape index (κ2) is 5.01. The summed E-state index contributed by atoms with van der Waals surface area (Å²) in [7, 11) is -0.910. The molecule has 0 aromatic carbocycles. The van der Waals surface area contributed by atoms with Crippen LogP contribution in [-0.2, 0) is 17.3 Å². The van der Waals surface area contributed by atoms with E-state index >= 15 is 0 Å². The van der Waals surface area contributed by atoms with Gasteiger partial charge in [0.05, 0.1) is 12.7 Å². The van der Waals surface area contributed by atoms with Gasteiger partial charge in [-0.15, -0.1) is 5.10 Å². The van der Waals surface area contributed by atoms with Crippen molar-refractivity contribution in [2.24, 2.45) is 0 Å². The molecule has 0 amide bonds. The van der Waals surface area contributed by atoms with Gasteiger partial charge in [-0.3, -0.25) is 8.89 Å². The highest BCUT2D eigenvalue weighted by molar-refractivity contribution is 7.85. The van der Waals surface area contributed by atoms with Crippen molar-refractivity contribution in [1.29, 1.82) is 0 Å². The number of nitrogens with zero attached hydrogens (tertiary/aromatic N) is 3. The number of carbonyl (C=O) groups is 1. The summed E-state index contributed by atoms with van der Waals surface area (Å²) in [5.41, 5.74) is -0.0923. The van der Waals surface area contributed by atoms with Crippen LogP contribution in [0.15, 0.2) is 6.20 Å². The van der Waals surface area contributed by atoms with Crippen molar-refractivity contribution in [3.05, 3.63) is 11.9 Å². The normalized spacial score (nSPS) is 13.0. The van der Waals surface area contributed by atoms with Gasteiger partial charge in [0.2, 0.25) is 0 Å². The Morgan fingerprint density at radius 1 is 1.67 bits per heavy atom. The van der Waals surface area contributed by atoms with E-state index in [4.69, 9.17) is 5.11 Å². The predicted molar refractivity (Wildman–Crippen MR) is 55.1 cm³/mol. The minimum Gasteiger partial charge on any atom is -0.476 e. The van der Waals surface area contributed by atoms with Crippen LogP contribution in [-0.4, -0.2) is 41.3 Å². The second-order valence-corrected chi connectivity index (χ2v) is 5.42. The quantitative estimate of drug-likeness (QED) is 0.778. The molecule has 0 radical (unpaired) electrons. The van der Waals surface area contributed by atoms with Crippen molar-refractivity contribution in [2.45, 2.75) is 25.6 Å². The van der Waals surface area contributed by atoms with Gasteiger partial charge in [0.25, 0.3) is 0 Å². The van der Waals surface area contributed by atoms with Crippen molar-refractivity contribution >= 4 is 16.8 Å². The molecule has 1 aromatic heterocycles. The second-order valence-electron chi connectivity index (χ2n) is 3.31. The lowest BCUT2D eigenvalue weighted by molar-refractivity contribution is 0.0690. The molecule has 15 heavy (non-hydrogen) atoms. The molecule has 0 saturated carbocycles. The fourth-order valence-corrected chi connectivity index (χ4v) is 1.76. The van der Waals surface area contributed by atoms with E-state index in [0.717, 1.165) is 0 Å². The van der Waals surface area contributed by atoms with Crippen LogP contribution in [0.3, 0.4) is 0 Å². The van der Waals surface area contributed by atoms with E-state index in [1.165, 1.54) is 10.9 Å². The number of hydrogen-bond donors (Lipinski definition) is 1. The number of aromatic nitrogens is 3. The smallest absolute Gasteiger partial charge is 0.358 e. The van der Waals surface area contributed by atoms with E-state index in [2.05, 4.69) is 10.3 Å². The standard InChI is InChI=1S/C8H13N3O3S/c1-6(2)15(14)4-3-11-5-7(8(12)13)9-10-11/h5-6H,3-4H2,1-2H3,(H,12,13). The minimum absolute atomic E-state index is 0.0923. The first-order valence-electron chi connectivity index (χ1n) is 4.51. The zero-order valence-corrected chi connectivity index (χ0v) is 9.40. The maximum atomic E-state index is 11.4. The van der Waals surface area contributed by atoms with Gasteiger partial charge in [-0.1, -0.05) is 19.1 Å². The molecule has 7 heteroatoms. The SMILES string of the molecule is CC(C)S(=O)CCn1cc(C(=O)O)nn1. The summed E-state index contributed by atoms with van der Waals surface area (Å²) in [5, 5.41) is 15.8. The third-order valence-corrected chi connectivity index (χ3v) is 3.44. The third-order valence-electron chi connectivity index (χ3n) is 1.81.